The largest absolute Gasteiger partial charge is 0.440 e. The first-order valence-electron chi connectivity index (χ1n) is 8.30. The van der Waals surface area contributed by atoms with E-state index in [9.17, 15) is 22.8 Å². The second kappa shape index (κ2) is 7.99. The number of nitrogens with two attached hydrogens (primary N) is 2. The number of oxazole rings is 1. The molecule has 9 nitrogen and oxygen atoms in total. The molecule has 0 aliphatic rings. The number of hydrogen-bond acceptors (Lipinski definition) is 6. The molecule has 3 rings (SSSR count). The number of carbonyl (C=O) groups is 1. The summed E-state index contributed by atoms with van der Waals surface area (Å²) in [6.07, 6.45) is 0.0584. The maximum Gasteiger partial charge on any atom is 0.338 e. The predicted octanol–water partition coefficient (Wildman–Crippen LogP) is 2.11. The molecular formula is C18H17FN4O5S. The molecule has 2 amide bonds. The van der Waals surface area contributed by atoms with Gasteiger partial charge in [0.2, 0.25) is 10.0 Å². The summed E-state index contributed by atoms with van der Waals surface area (Å²) >= 11 is 0. The van der Waals surface area contributed by atoms with Crippen LogP contribution in [0.15, 0.2) is 57.8 Å². The lowest BCUT2D eigenvalue weighted by atomic mass is 10.1. The van der Waals surface area contributed by atoms with E-state index in [1.807, 2.05) is 0 Å². The molecule has 0 bridgehead atoms. The molecule has 3 aromatic rings. The first-order chi connectivity index (χ1) is 13.6. The standard InChI is InChI=1S/C18H17FN4O5S/c19-13-5-1-11(2-6-13)16-17(12-3-7-14(8-4-12)29(21,26)27)28-15(22-16)9-10-23(25)18(20)24/h1-8,25H,9-10H2,(H2,20,24)(H2,21,26,27). The molecule has 0 spiro atoms. The monoisotopic (exact) mass is 420 g/mol. The Hall–Kier alpha value is -3.28. The van der Waals surface area contributed by atoms with Crippen molar-refractivity contribution < 1.29 is 27.2 Å². The van der Waals surface area contributed by atoms with Gasteiger partial charge in [-0.1, -0.05) is 0 Å². The Bertz CT molecular complexity index is 1130. The van der Waals surface area contributed by atoms with Crippen LogP contribution in [0.5, 0.6) is 0 Å². The molecule has 29 heavy (non-hydrogen) atoms. The molecule has 2 aromatic carbocycles. The molecular weight excluding hydrogens is 403 g/mol. The summed E-state index contributed by atoms with van der Waals surface area (Å²) in [6, 6.07) is 10.2. The smallest absolute Gasteiger partial charge is 0.338 e. The molecule has 0 atom stereocenters. The van der Waals surface area contributed by atoms with E-state index in [0.29, 0.717) is 27.6 Å². The highest BCUT2D eigenvalue weighted by Gasteiger charge is 2.19. The van der Waals surface area contributed by atoms with Gasteiger partial charge in [0.15, 0.2) is 11.7 Å². The van der Waals surface area contributed by atoms with Gasteiger partial charge in [-0.2, -0.15) is 0 Å². The van der Waals surface area contributed by atoms with E-state index in [1.165, 1.54) is 48.5 Å². The van der Waals surface area contributed by atoms with Crippen molar-refractivity contribution in [2.45, 2.75) is 11.3 Å². The minimum atomic E-state index is -3.85. The third kappa shape index (κ3) is 4.77. The lowest BCUT2D eigenvalue weighted by Gasteiger charge is -2.09. The number of aromatic nitrogens is 1. The number of primary sulfonamides is 1. The van der Waals surface area contributed by atoms with Gasteiger partial charge in [-0.3, -0.25) is 5.21 Å². The number of halogens is 1. The molecule has 0 saturated carbocycles. The highest BCUT2D eigenvalue weighted by Crippen LogP contribution is 2.33. The van der Waals surface area contributed by atoms with Crippen molar-refractivity contribution in [3.63, 3.8) is 0 Å². The average molecular weight is 420 g/mol. The Morgan fingerprint density at radius 3 is 2.24 bits per heavy atom. The minimum Gasteiger partial charge on any atom is -0.440 e. The van der Waals surface area contributed by atoms with Gasteiger partial charge in [-0.05, 0) is 48.5 Å². The highest BCUT2D eigenvalue weighted by atomic mass is 32.2. The molecule has 152 valence electrons. The van der Waals surface area contributed by atoms with Crippen molar-refractivity contribution in [2.24, 2.45) is 10.9 Å². The maximum absolute atomic E-state index is 13.3. The Labute approximate surface area is 165 Å². The van der Waals surface area contributed by atoms with Crippen molar-refractivity contribution in [3.8, 4) is 22.6 Å². The normalized spacial score (nSPS) is 11.4. The summed E-state index contributed by atoms with van der Waals surface area (Å²) in [4.78, 5) is 15.2. The van der Waals surface area contributed by atoms with Crippen LogP contribution in [0, 0.1) is 5.82 Å². The van der Waals surface area contributed by atoms with Crippen LogP contribution in [0.2, 0.25) is 0 Å². The van der Waals surface area contributed by atoms with E-state index in [4.69, 9.17) is 15.3 Å². The van der Waals surface area contributed by atoms with Crippen molar-refractivity contribution in [2.75, 3.05) is 6.54 Å². The van der Waals surface area contributed by atoms with Gasteiger partial charge in [-0.15, -0.1) is 0 Å². The van der Waals surface area contributed by atoms with Crippen molar-refractivity contribution >= 4 is 16.1 Å². The lowest BCUT2D eigenvalue weighted by molar-refractivity contribution is -0.0392. The topological polar surface area (TPSA) is 153 Å². The molecule has 11 heteroatoms. The van der Waals surface area contributed by atoms with Crippen LogP contribution in [0.1, 0.15) is 5.89 Å². The minimum absolute atomic E-state index is 0.0584. The third-order valence-electron chi connectivity index (χ3n) is 4.03. The summed E-state index contributed by atoms with van der Waals surface area (Å²) in [5.74, 6) is 0.0696. The van der Waals surface area contributed by atoms with Crippen molar-refractivity contribution in [3.05, 3.63) is 60.2 Å². The SMILES string of the molecule is NC(=O)N(O)CCc1nc(-c2ccc(F)cc2)c(-c2ccc(S(N)(=O)=O)cc2)o1. The molecule has 5 N–H and O–H groups in total. The number of primary amides is 1. The van der Waals surface area contributed by atoms with Crippen LogP contribution in [-0.4, -0.2) is 36.2 Å². The zero-order chi connectivity index (χ0) is 21.2. The van der Waals surface area contributed by atoms with Crippen LogP contribution >= 0.6 is 0 Å². The summed E-state index contributed by atoms with van der Waals surface area (Å²) in [6.45, 7) is -0.150. The Morgan fingerprint density at radius 2 is 1.69 bits per heavy atom. The average Bonchev–Trinajstić information content (AvgIpc) is 3.10. The third-order valence-corrected chi connectivity index (χ3v) is 4.96. The Balaban J connectivity index is 2.01. The van der Waals surface area contributed by atoms with Crippen LogP contribution in [0.4, 0.5) is 9.18 Å². The Morgan fingerprint density at radius 1 is 1.10 bits per heavy atom. The molecule has 1 heterocycles. The molecule has 0 aliphatic carbocycles. The fourth-order valence-electron chi connectivity index (χ4n) is 2.58. The van der Waals surface area contributed by atoms with E-state index in [0.717, 1.165) is 0 Å². The number of hydrogen-bond donors (Lipinski definition) is 3. The number of sulfonamides is 1. The number of rotatable bonds is 6. The van der Waals surface area contributed by atoms with Gasteiger partial charge in [0.25, 0.3) is 0 Å². The molecule has 0 aliphatic heterocycles. The second-order valence-electron chi connectivity index (χ2n) is 6.07. The van der Waals surface area contributed by atoms with Gasteiger partial charge in [0, 0.05) is 17.5 Å². The highest BCUT2D eigenvalue weighted by molar-refractivity contribution is 7.89. The second-order valence-corrected chi connectivity index (χ2v) is 7.63. The van der Waals surface area contributed by atoms with Crippen LogP contribution in [0.25, 0.3) is 22.6 Å². The van der Waals surface area contributed by atoms with E-state index in [2.05, 4.69) is 4.98 Å². The van der Waals surface area contributed by atoms with E-state index >= 15 is 0 Å². The van der Waals surface area contributed by atoms with Gasteiger partial charge < -0.3 is 10.2 Å². The molecule has 1 aromatic heterocycles. The molecule has 0 saturated heterocycles. The summed E-state index contributed by atoms with van der Waals surface area (Å²) in [7, 11) is -3.85. The number of nitrogens with zero attached hydrogens (tertiary/aromatic N) is 2. The van der Waals surface area contributed by atoms with Crippen molar-refractivity contribution in [1.29, 1.82) is 0 Å². The fraction of sp³-hybridized carbons (Fsp3) is 0.111. The maximum atomic E-state index is 13.3. The van der Waals surface area contributed by atoms with Crippen LogP contribution in [-0.2, 0) is 16.4 Å². The van der Waals surface area contributed by atoms with Gasteiger partial charge in [-0.25, -0.2) is 32.8 Å². The number of amides is 2. The van der Waals surface area contributed by atoms with Gasteiger partial charge >= 0.3 is 6.03 Å². The summed E-state index contributed by atoms with van der Waals surface area (Å²) in [5.41, 5.74) is 6.42. The molecule has 0 unspecified atom stereocenters. The van der Waals surface area contributed by atoms with Crippen LogP contribution < -0.4 is 10.9 Å². The quantitative estimate of drug-likeness (QED) is 0.410. The first-order valence-corrected chi connectivity index (χ1v) is 9.84. The zero-order valence-electron chi connectivity index (χ0n) is 14.9. The molecule has 0 fully saturated rings. The number of urea groups is 1. The van der Waals surface area contributed by atoms with E-state index in [-0.39, 0.29) is 23.8 Å². The predicted molar refractivity (Wildman–Crippen MR) is 100 cm³/mol. The lowest BCUT2D eigenvalue weighted by Crippen LogP contribution is -2.34. The van der Waals surface area contributed by atoms with Gasteiger partial charge in [0.05, 0.1) is 11.4 Å². The molecule has 0 radical (unpaired) electrons. The number of benzene rings is 2. The first kappa shape index (κ1) is 20.5. The van der Waals surface area contributed by atoms with Crippen LogP contribution in [0.3, 0.4) is 0 Å². The summed E-state index contributed by atoms with van der Waals surface area (Å²) < 4.78 is 41.9. The van der Waals surface area contributed by atoms with E-state index in [1.54, 1.807) is 0 Å². The summed E-state index contributed by atoms with van der Waals surface area (Å²) in [5, 5.41) is 14.8. The fourth-order valence-corrected chi connectivity index (χ4v) is 3.09. The Kier molecular flexibility index (Phi) is 5.64. The van der Waals surface area contributed by atoms with Gasteiger partial charge in [0.1, 0.15) is 11.5 Å². The zero-order valence-corrected chi connectivity index (χ0v) is 15.8. The van der Waals surface area contributed by atoms with Crippen molar-refractivity contribution in [1.82, 2.24) is 10.0 Å². The number of carbonyl (C=O) groups excluding carboxylic acids is 1. The number of hydroxylamine groups is 2. The van der Waals surface area contributed by atoms with E-state index < -0.39 is 21.9 Å².